The molecule has 0 radical (unpaired) electrons. The van der Waals surface area contributed by atoms with E-state index in [4.69, 9.17) is 16.9 Å². The molecule has 31 heavy (non-hydrogen) atoms. The summed E-state index contributed by atoms with van der Waals surface area (Å²) in [7, 11) is 0. The Kier molecular flexibility index (Phi) is 9.32. The van der Waals surface area contributed by atoms with Crippen LogP contribution in [-0.2, 0) is 19.3 Å². The minimum Gasteiger partial charge on any atom is -0.305 e. The van der Waals surface area contributed by atoms with Gasteiger partial charge in [0.25, 0.3) is 0 Å². The molecule has 2 aliphatic rings. The van der Waals surface area contributed by atoms with E-state index in [1.54, 1.807) is 0 Å². The third kappa shape index (κ3) is 6.94. The van der Waals surface area contributed by atoms with Crippen LogP contribution in [0.2, 0.25) is 5.02 Å². The molecule has 2 heterocycles. The maximum atomic E-state index is 12.8. The highest BCUT2D eigenvalue weighted by Crippen LogP contribution is 2.32. The molecular weight excluding hydrogens is 427 g/mol. The molecule has 1 fully saturated rings. The number of hydrogen-bond donors (Lipinski definition) is 0. The lowest BCUT2D eigenvalue weighted by molar-refractivity contribution is -0.148. The van der Waals surface area contributed by atoms with Crippen LogP contribution in [0.15, 0.2) is 24.3 Å². The van der Waals surface area contributed by atoms with Crippen LogP contribution in [-0.4, -0.2) is 32.3 Å². The highest BCUT2D eigenvalue weighted by Gasteiger charge is 2.40. The van der Waals surface area contributed by atoms with Crippen molar-refractivity contribution < 1.29 is 13.2 Å². The summed E-state index contributed by atoms with van der Waals surface area (Å²) in [5, 5.41) is 16.7. The number of nitriles is 1. The number of alkyl halides is 3. The molecule has 0 atom stereocenters. The third-order valence-electron chi connectivity index (χ3n) is 5.41. The molecule has 9 heteroatoms. The first-order valence-electron chi connectivity index (χ1n) is 10.6. The number of fused-ring (bicyclic) bond motifs is 1. The summed E-state index contributed by atoms with van der Waals surface area (Å²) in [5.41, 5.74) is 1.21. The quantitative estimate of drug-likeness (QED) is 0.539. The Balaban J connectivity index is 0.000000286. The standard InChI is InChI=1S/C13H16F3N5.C7H7Cl.C2H6/c14-13(15,16)12-19-18-11-8-20(5-6-21(11)12)10-3-1-9(7-17)2-4-10;1-6-3-2-4-7(8)5-6;1-2/h9-10H,1-6,8H2;2-5H,1H3;1-2H3. The lowest BCUT2D eigenvalue weighted by Crippen LogP contribution is -2.43. The normalized spacial score (nSPS) is 21.0. The number of aromatic nitrogens is 3. The molecule has 1 aromatic carbocycles. The van der Waals surface area contributed by atoms with E-state index < -0.39 is 12.0 Å². The van der Waals surface area contributed by atoms with Gasteiger partial charge in [-0.25, -0.2) is 0 Å². The van der Waals surface area contributed by atoms with Gasteiger partial charge < -0.3 is 4.57 Å². The van der Waals surface area contributed by atoms with Crippen molar-refractivity contribution in [2.75, 3.05) is 6.54 Å². The first-order chi connectivity index (χ1) is 14.8. The van der Waals surface area contributed by atoms with Gasteiger partial charge in [-0.15, -0.1) is 10.2 Å². The van der Waals surface area contributed by atoms with Crippen LogP contribution < -0.4 is 0 Å². The Labute approximate surface area is 186 Å². The predicted molar refractivity (Wildman–Crippen MR) is 114 cm³/mol. The minimum absolute atomic E-state index is 0.131. The van der Waals surface area contributed by atoms with Gasteiger partial charge in [0.05, 0.1) is 12.6 Å². The minimum atomic E-state index is -4.45. The van der Waals surface area contributed by atoms with Crippen molar-refractivity contribution >= 4 is 11.6 Å². The van der Waals surface area contributed by atoms with E-state index in [2.05, 4.69) is 21.2 Å². The van der Waals surface area contributed by atoms with E-state index in [1.165, 1.54) is 10.1 Å². The third-order valence-corrected chi connectivity index (χ3v) is 5.65. The maximum absolute atomic E-state index is 12.8. The molecule has 2 aromatic rings. The highest BCUT2D eigenvalue weighted by molar-refractivity contribution is 6.30. The summed E-state index contributed by atoms with van der Waals surface area (Å²) < 4.78 is 39.5. The molecule has 170 valence electrons. The molecule has 0 amide bonds. The van der Waals surface area contributed by atoms with Crippen molar-refractivity contribution in [1.82, 2.24) is 19.7 Å². The number of nitrogens with zero attached hydrogens (tertiary/aromatic N) is 5. The molecule has 5 nitrogen and oxygen atoms in total. The van der Waals surface area contributed by atoms with E-state index in [-0.39, 0.29) is 12.5 Å². The van der Waals surface area contributed by atoms with E-state index in [1.807, 2.05) is 45.0 Å². The SMILES string of the molecule is CC.Cc1cccc(Cl)c1.N#CC1CCC(N2CCn3c(nnc3C(F)(F)F)C2)CC1. The topological polar surface area (TPSA) is 57.7 Å². The molecule has 1 saturated carbocycles. The van der Waals surface area contributed by atoms with Crippen molar-refractivity contribution in [3.8, 4) is 6.07 Å². The van der Waals surface area contributed by atoms with Crippen molar-refractivity contribution in [2.24, 2.45) is 5.92 Å². The Morgan fingerprint density at radius 2 is 1.77 bits per heavy atom. The highest BCUT2D eigenvalue weighted by atomic mass is 35.5. The molecule has 1 aliphatic heterocycles. The monoisotopic (exact) mass is 455 g/mol. The number of hydrogen-bond acceptors (Lipinski definition) is 4. The fraction of sp³-hybridized carbons (Fsp3) is 0.591. The maximum Gasteiger partial charge on any atom is 0.451 e. The van der Waals surface area contributed by atoms with E-state index in [0.29, 0.717) is 25.0 Å². The van der Waals surface area contributed by atoms with Gasteiger partial charge in [0, 0.05) is 30.1 Å². The number of benzene rings is 1. The Bertz CT molecular complexity index is 850. The summed E-state index contributed by atoms with van der Waals surface area (Å²) in [6.07, 6.45) is -0.842. The second kappa shape index (κ2) is 11.5. The van der Waals surface area contributed by atoms with Gasteiger partial charge in [0.2, 0.25) is 5.82 Å². The van der Waals surface area contributed by atoms with Crippen LogP contribution in [0, 0.1) is 24.2 Å². The Morgan fingerprint density at radius 3 is 2.29 bits per heavy atom. The second-order valence-electron chi connectivity index (χ2n) is 7.49. The van der Waals surface area contributed by atoms with Crippen molar-refractivity contribution in [3.63, 3.8) is 0 Å². The largest absolute Gasteiger partial charge is 0.451 e. The number of halogens is 4. The first-order valence-corrected chi connectivity index (χ1v) is 11.0. The fourth-order valence-electron chi connectivity index (χ4n) is 3.87. The summed E-state index contributed by atoms with van der Waals surface area (Å²) in [5.74, 6) is -0.382. The Morgan fingerprint density at radius 1 is 1.10 bits per heavy atom. The predicted octanol–water partition coefficient (Wildman–Crippen LogP) is 5.87. The average Bonchev–Trinajstić information content (AvgIpc) is 3.19. The van der Waals surface area contributed by atoms with Gasteiger partial charge in [-0.1, -0.05) is 37.6 Å². The van der Waals surface area contributed by atoms with Gasteiger partial charge in [0.15, 0.2) is 0 Å². The molecule has 0 spiro atoms. The summed E-state index contributed by atoms with van der Waals surface area (Å²) in [6, 6.07) is 10.4. The van der Waals surface area contributed by atoms with Gasteiger partial charge >= 0.3 is 6.18 Å². The van der Waals surface area contributed by atoms with E-state index >= 15 is 0 Å². The second-order valence-corrected chi connectivity index (χ2v) is 7.93. The molecule has 4 rings (SSSR count). The van der Waals surface area contributed by atoms with Gasteiger partial charge in [0.1, 0.15) is 5.82 Å². The lowest BCUT2D eigenvalue weighted by Gasteiger charge is -2.37. The molecule has 1 aliphatic carbocycles. The smallest absolute Gasteiger partial charge is 0.305 e. The zero-order chi connectivity index (χ0) is 23.0. The fourth-order valence-corrected chi connectivity index (χ4v) is 4.12. The molecular formula is C22H29ClF3N5. The molecule has 0 N–H and O–H groups in total. The van der Waals surface area contributed by atoms with Crippen molar-refractivity contribution in [1.29, 1.82) is 5.26 Å². The van der Waals surface area contributed by atoms with Crippen LogP contribution in [0.3, 0.4) is 0 Å². The molecule has 1 aromatic heterocycles. The summed E-state index contributed by atoms with van der Waals surface area (Å²) >= 11 is 5.64. The van der Waals surface area contributed by atoms with E-state index in [0.717, 1.165) is 30.7 Å². The van der Waals surface area contributed by atoms with Crippen LogP contribution in [0.1, 0.15) is 56.7 Å². The van der Waals surface area contributed by atoms with Crippen LogP contribution in [0.4, 0.5) is 13.2 Å². The van der Waals surface area contributed by atoms with Crippen LogP contribution in [0.5, 0.6) is 0 Å². The molecule has 0 bridgehead atoms. The van der Waals surface area contributed by atoms with Gasteiger partial charge in [-0.05, 0) is 50.3 Å². The first kappa shape index (κ1) is 25.2. The number of aryl methyl sites for hydroxylation is 1. The molecule has 0 saturated heterocycles. The van der Waals surface area contributed by atoms with Crippen LogP contribution in [0.25, 0.3) is 0 Å². The van der Waals surface area contributed by atoms with Crippen molar-refractivity contribution in [3.05, 3.63) is 46.5 Å². The summed E-state index contributed by atoms with van der Waals surface area (Å²) in [4.78, 5) is 2.18. The van der Waals surface area contributed by atoms with Gasteiger partial charge in [-0.2, -0.15) is 18.4 Å². The molecule has 0 unspecified atom stereocenters. The van der Waals surface area contributed by atoms with Crippen molar-refractivity contribution in [2.45, 2.75) is 71.8 Å². The van der Waals surface area contributed by atoms with Crippen LogP contribution >= 0.6 is 11.6 Å². The average molecular weight is 456 g/mol. The Hall–Kier alpha value is -2.11. The van der Waals surface area contributed by atoms with E-state index in [9.17, 15) is 13.2 Å². The number of rotatable bonds is 1. The zero-order valence-electron chi connectivity index (χ0n) is 18.2. The summed E-state index contributed by atoms with van der Waals surface area (Å²) in [6.45, 7) is 7.28. The zero-order valence-corrected chi connectivity index (χ0v) is 18.9. The van der Waals surface area contributed by atoms with Gasteiger partial charge in [-0.3, -0.25) is 4.90 Å². The lowest BCUT2D eigenvalue weighted by atomic mass is 9.86.